The maximum Gasteiger partial charge on any atom is 0.213 e. The van der Waals surface area contributed by atoms with Crippen molar-refractivity contribution in [1.29, 1.82) is 0 Å². The molecule has 0 fully saturated rings. The first-order valence-electron chi connectivity index (χ1n) is 7.89. The Hall–Kier alpha value is -3.12. The van der Waals surface area contributed by atoms with Gasteiger partial charge in [-0.1, -0.05) is 12.1 Å². The summed E-state index contributed by atoms with van der Waals surface area (Å²) in [5, 5.41) is 2.14. The van der Waals surface area contributed by atoms with Crippen LogP contribution in [0.1, 0.15) is 11.1 Å². The number of fused-ring (bicyclic) bond motifs is 3. The van der Waals surface area contributed by atoms with Crippen LogP contribution in [0.4, 0.5) is 5.69 Å². The number of furan rings is 1. The van der Waals surface area contributed by atoms with Crippen molar-refractivity contribution in [2.24, 2.45) is 7.05 Å². The number of rotatable bonds is 1. The van der Waals surface area contributed by atoms with Gasteiger partial charge in [-0.15, -0.1) is 0 Å². The van der Waals surface area contributed by atoms with Gasteiger partial charge in [-0.05, 0) is 43.2 Å². The maximum absolute atomic E-state index is 7.41. The number of hydrogen-bond acceptors (Lipinski definition) is 1. The number of nitrogens with zero attached hydrogens (tertiary/aromatic N) is 2. The summed E-state index contributed by atoms with van der Waals surface area (Å²) in [5.41, 5.74) is 6.84. The molecule has 0 saturated carbocycles. The van der Waals surface area contributed by atoms with Gasteiger partial charge in [0.1, 0.15) is 18.2 Å². The fraction of sp³-hybridized carbons (Fsp3) is 0.143. The van der Waals surface area contributed by atoms with Crippen molar-refractivity contribution < 1.29 is 8.98 Å². The molecule has 0 N–H and O–H groups in total. The Morgan fingerprint density at radius 1 is 0.958 bits per heavy atom. The van der Waals surface area contributed by atoms with Gasteiger partial charge in [-0.25, -0.2) is 9.41 Å². The second-order valence-corrected chi connectivity index (χ2v) is 6.12. The van der Waals surface area contributed by atoms with Crippen LogP contribution in [-0.4, -0.2) is 0 Å². The van der Waals surface area contributed by atoms with Gasteiger partial charge in [0.15, 0.2) is 11.9 Å². The first-order chi connectivity index (χ1) is 11.6. The van der Waals surface area contributed by atoms with E-state index in [1.54, 1.807) is 0 Å². The van der Waals surface area contributed by atoms with Crippen LogP contribution in [0.15, 0.2) is 53.1 Å². The van der Waals surface area contributed by atoms with Gasteiger partial charge in [0.2, 0.25) is 5.69 Å². The SMILES string of the molecule is [C-]#[N+]c1ccc2oc3ccc(C)c(-c4cccc[n+]4C)c3c2c1C. The molecule has 0 aliphatic rings. The molecule has 0 aliphatic carbocycles. The van der Waals surface area contributed by atoms with Gasteiger partial charge in [0.25, 0.3) is 0 Å². The summed E-state index contributed by atoms with van der Waals surface area (Å²) >= 11 is 0. The van der Waals surface area contributed by atoms with Crippen molar-refractivity contribution in [1.82, 2.24) is 0 Å². The van der Waals surface area contributed by atoms with Crippen LogP contribution in [0, 0.1) is 20.4 Å². The Bertz CT molecular complexity index is 1150. The third-order valence-electron chi connectivity index (χ3n) is 4.68. The molecule has 0 saturated heterocycles. The molecule has 0 spiro atoms. The number of pyridine rings is 1. The van der Waals surface area contributed by atoms with E-state index in [0.29, 0.717) is 5.69 Å². The molecule has 2 aromatic heterocycles. The third-order valence-corrected chi connectivity index (χ3v) is 4.68. The summed E-state index contributed by atoms with van der Waals surface area (Å²) in [6.45, 7) is 11.5. The Balaban J connectivity index is 2.25. The monoisotopic (exact) mass is 313 g/mol. The van der Waals surface area contributed by atoms with Crippen molar-refractivity contribution in [3.05, 3.63) is 71.2 Å². The highest BCUT2D eigenvalue weighted by atomic mass is 16.3. The first-order valence-corrected chi connectivity index (χ1v) is 7.89. The quantitative estimate of drug-likeness (QED) is 0.347. The van der Waals surface area contributed by atoms with Crippen molar-refractivity contribution in [2.45, 2.75) is 13.8 Å². The Morgan fingerprint density at radius 2 is 1.71 bits per heavy atom. The van der Waals surface area contributed by atoms with Gasteiger partial charge in [0, 0.05) is 22.9 Å². The highest BCUT2D eigenvalue weighted by Gasteiger charge is 2.21. The Kier molecular flexibility index (Phi) is 3.14. The predicted octanol–water partition coefficient (Wildman–Crippen LogP) is 5.25. The summed E-state index contributed by atoms with van der Waals surface area (Å²) in [5.74, 6) is 0. The lowest BCUT2D eigenvalue weighted by Crippen LogP contribution is -2.30. The van der Waals surface area contributed by atoms with Crippen molar-refractivity contribution in [3.8, 4) is 11.3 Å². The van der Waals surface area contributed by atoms with Crippen LogP contribution >= 0.6 is 0 Å². The van der Waals surface area contributed by atoms with E-state index in [1.165, 1.54) is 11.1 Å². The fourth-order valence-corrected chi connectivity index (χ4v) is 3.45. The van der Waals surface area contributed by atoms with Crippen LogP contribution in [0.25, 0.3) is 38.0 Å². The fourth-order valence-electron chi connectivity index (χ4n) is 3.45. The standard InChI is InChI=1S/C21H17N2O/c1-13-8-10-18-21(19(13)16-7-5-6-12-23(16)4)20-14(2)15(22-3)9-11-17(20)24-18/h5-12H,1-2,4H3/q+1. The zero-order valence-electron chi connectivity index (χ0n) is 13.9. The molecule has 3 nitrogen and oxygen atoms in total. The van der Waals surface area contributed by atoms with Crippen LogP contribution in [0.5, 0.6) is 0 Å². The van der Waals surface area contributed by atoms with Crippen molar-refractivity contribution >= 4 is 27.6 Å². The van der Waals surface area contributed by atoms with E-state index in [0.717, 1.165) is 33.2 Å². The molecule has 2 heterocycles. The van der Waals surface area contributed by atoms with Crippen molar-refractivity contribution in [2.75, 3.05) is 0 Å². The normalized spacial score (nSPS) is 11.1. The summed E-state index contributed by atoms with van der Waals surface area (Å²) in [4.78, 5) is 3.65. The molecule has 4 rings (SSSR count). The molecule has 116 valence electrons. The van der Waals surface area contributed by atoms with Crippen LogP contribution in [-0.2, 0) is 7.05 Å². The summed E-state index contributed by atoms with van der Waals surface area (Å²) in [6.07, 6.45) is 2.05. The van der Waals surface area contributed by atoms with E-state index in [2.05, 4.69) is 28.5 Å². The zero-order valence-corrected chi connectivity index (χ0v) is 13.9. The summed E-state index contributed by atoms with van der Waals surface area (Å²) in [6, 6.07) is 14.0. The first kappa shape index (κ1) is 14.5. The minimum Gasteiger partial charge on any atom is -0.456 e. The minimum absolute atomic E-state index is 0.676. The van der Waals surface area contributed by atoms with E-state index >= 15 is 0 Å². The topological polar surface area (TPSA) is 21.4 Å². The molecule has 0 bridgehead atoms. The largest absolute Gasteiger partial charge is 0.456 e. The summed E-state index contributed by atoms with van der Waals surface area (Å²) in [7, 11) is 2.05. The maximum atomic E-state index is 7.41. The number of aryl methyl sites for hydroxylation is 3. The summed E-state index contributed by atoms with van der Waals surface area (Å²) < 4.78 is 8.20. The van der Waals surface area contributed by atoms with E-state index < -0.39 is 0 Å². The molecule has 4 aromatic rings. The van der Waals surface area contributed by atoms with Crippen LogP contribution in [0.3, 0.4) is 0 Å². The van der Waals surface area contributed by atoms with Gasteiger partial charge in [0.05, 0.1) is 12.1 Å². The zero-order chi connectivity index (χ0) is 16.8. The van der Waals surface area contributed by atoms with Gasteiger partial charge in [-0.3, -0.25) is 0 Å². The third kappa shape index (κ3) is 1.93. The van der Waals surface area contributed by atoms with Crippen LogP contribution < -0.4 is 4.57 Å². The predicted molar refractivity (Wildman–Crippen MR) is 96.1 cm³/mol. The molecule has 24 heavy (non-hydrogen) atoms. The second kappa shape index (κ2) is 5.21. The molecular formula is C21H17N2O+. The highest BCUT2D eigenvalue weighted by Crippen LogP contribution is 2.41. The van der Waals surface area contributed by atoms with Gasteiger partial charge < -0.3 is 4.42 Å². The minimum atomic E-state index is 0.676. The molecule has 2 aromatic carbocycles. The van der Waals surface area contributed by atoms with Crippen LogP contribution in [0.2, 0.25) is 0 Å². The molecule has 0 amide bonds. The molecule has 0 unspecified atom stereocenters. The van der Waals surface area contributed by atoms with Gasteiger partial charge in [-0.2, -0.15) is 0 Å². The molecule has 0 radical (unpaired) electrons. The lowest BCUT2D eigenvalue weighted by molar-refractivity contribution is -0.660. The molecule has 0 atom stereocenters. The number of benzene rings is 2. The van der Waals surface area contributed by atoms with E-state index in [4.69, 9.17) is 11.0 Å². The second-order valence-electron chi connectivity index (χ2n) is 6.12. The van der Waals surface area contributed by atoms with Crippen molar-refractivity contribution in [3.63, 3.8) is 0 Å². The van der Waals surface area contributed by atoms with Gasteiger partial charge >= 0.3 is 0 Å². The lowest BCUT2D eigenvalue weighted by atomic mass is 9.96. The van der Waals surface area contributed by atoms with E-state index in [1.807, 2.05) is 50.5 Å². The average Bonchev–Trinajstić information content (AvgIpc) is 2.96. The molecular weight excluding hydrogens is 296 g/mol. The van der Waals surface area contributed by atoms with E-state index in [-0.39, 0.29) is 0 Å². The molecule has 0 aliphatic heterocycles. The average molecular weight is 313 g/mol. The number of aromatic nitrogens is 1. The Labute approximate surface area is 140 Å². The number of hydrogen-bond donors (Lipinski definition) is 0. The Morgan fingerprint density at radius 3 is 2.46 bits per heavy atom. The smallest absolute Gasteiger partial charge is 0.213 e. The molecule has 3 heteroatoms. The van der Waals surface area contributed by atoms with E-state index in [9.17, 15) is 0 Å². The highest BCUT2D eigenvalue weighted by molar-refractivity contribution is 6.15. The lowest BCUT2D eigenvalue weighted by Gasteiger charge is -2.07.